The highest BCUT2D eigenvalue weighted by atomic mass is 16.3. The molecule has 126 valence electrons. The number of amides is 1. The molecule has 24 heavy (non-hydrogen) atoms. The van der Waals surface area contributed by atoms with Crippen LogP contribution in [0.15, 0.2) is 43.0 Å². The Morgan fingerprint density at radius 3 is 2.54 bits per heavy atom. The number of aromatic nitrogens is 2. The van der Waals surface area contributed by atoms with E-state index in [2.05, 4.69) is 4.98 Å². The predicted octanol–water partition coefficient (Wildman–Crippen LogP) is 2.16. The molecule has 1 aliphatic rings. The van der Waals surface area contributed by atoms with Gasteiger partial charge in [-0.3, -0.25) is 9.59 Å². The van der Waals surface area contributed by atoms with Crippen molar-refractivity contribution in [3.63, 3.8) is 0 Å². The Bertz CT molecular complexity index is 710. The maximum absolute atomic E-state index is 12.4. The third-order valence-corrected chi connectivity index (χ3v) is 4.57. The van der Waals surface area contributed by atoms with Crippen LogP contribution in [0.3, 0.4) is 0 Å². The number of hydrogen-bond acceptors (Lipinski definition) is 4. The standard InChI is InChI=1S/C18H21N3O3/c1-2-15-16(13-4-6-14(22)7-5-13)21(18(24)17(15)23)10-3-9-20-11-8-19-12-20/h4-8,11-12,15-16,22H,2-3,9-10H2,1H3. The fourth-order valence-electron chi connectivity index (χ4n) is 3.36. The summed E-state index contributed by atoms with van der Waals surface area (Å²) in [5, 5.41) is 9.48. The molecule has 2 unspecified atom stereocenters. The van der Waals surface area contributed by atoms with Gasteiger partial charge in [0.05, 0.1) is 18.3 Å². The van der Waals surface area contributed by atoms with E-state index in [4.69, 9.17) is 0 Å². The molecule has 2 heterocycles. The van der Waals surface area contributed by atoms with Gasteiger partial charge in [-0.1, -0.05) is 19.1 Å². The molecule has 6 nitrogen and oxygen atoms in total. The fourth-order valence-corrected chi connectivity index (χ4v) is 3.36. The van der Waals surface area contributed by atoms with Crippen LogP contribution in [0, 0.1) is 5.92 Å². The van der Waals surface area contributed by atoms with Crippen molar-refractivity contribution in [2.75, 3.05) is 6.54 Å². The van der Waals surface area contributed by atoms with Gasteiger partial charge in [0.15, 0.2) is 0 Å². The van der Waals surface area contributed by atoms with Crippen LogP contribution in [0.1, 0.15) is 31.4 Å². The molecule has 1 saturated heterocycles. The Morgan fingerprint density at radius 2 is 1.92 bits per heavy atom. The lowest BCUT2D eigenvalue weighted by molar-refractivity contribution is -0.141. The first-order valence-electron chi connectivity index (χ1n) is 8.21. The highest BCUT2D eigenvalue weighted by Gasteiger charge is 2.46. The summed E-state index contributed by atoms with van der Waals surface area (Å²) in [6.45, 7) is 3.19. The molecule has 1 aromatic carbocycles. The van der Waals surface area contributed by atoms with Crippen LogP contribution in [-0.4, -0.2) is 37.8 Å². The van der Waals surface area contributed by atoms with Crippen molar-refractivity contribution in [1.82, 2.24) is 14.5 Å². The molecule has 1 N–H and O–H groups in total. The van der Waals surface area contributed by atoms with Gasteiger partial charge >= 0.3 is 0 Å². The van der Waals surface area contributed by atoms with Crippen LogP contribution in [-0.2, 0) is 16.1 Å². The van der Waals surface area contributed by atoms with Gasteiger partial charge in [0, 0.05) is 25.5 Å². The monoisotopic (exact) mass is 327 g/mol. The number of aryl methyl sites for hydroxylation is 1. The van der Waals surface area contributed by atoms with Crippen molar-refractivity contribution in [2.24, 2.45) is 5.92 Å². The van der Waals surface area contributed by atoms with Crippen LogP contribution >= 0.6 is 0 Å². The van der Waals surface area contributed by atoms with Gasteiger partial charge < -0.3 is 14.6 Å². The maximum atomic E-state index is 12.4. The zero-order chi connectivity index (χ0) is 17.1. The lowest BCUT2D eigenvalue weighted by Crippen LogP contribution is -2.31. The van der Waals surface area contributed by atoms with Gasteiger partial charge in [-0.15, -0.1) is 0 Å². The molecule has 3 rings (SSSR count). The van der Waals surface area contributed by atoms with Gasteiger partial charge in [-0.25, -0.2) is 4.98 Å². The minimum Gasteiger partial charge on any atom is -0.508 e. The van der Waals surface area contributed by atoms with Gasteiger partial charge in [0.2, 0.25) is 5.78 Å². The Balaban J connectivity index is 1.79. The minimum absolute atomic E-state index is 0.175. The summed E-state index contributed by atoms with van der Waals surface area (Å²) in [4.78, 5) is 30.4. The average Bonchev–Trinajstić information content (AvgIpc) is 3.17. The smallest absolute Gasteiger partial charge is 0.290 e. The number of benzene rings is 1. The molecule has 0 spiro atoms. The van der Waals surface area contributed by atoms with Crippen molar-refractivity contribution in [1.29, 1.82) is 0 Å². The molecule has 0 aliphatic carbocycles. The Labute approximate surface area is 140 Å². The van der Waals surface area contributed by atoms with Gasteiger partial charge in [0.1, 0.15) is 5.75 Å². The van der Waals surface area contributed by atoms with Crippen molar-refractivity contribution < 1.29 is 14.7 Å². The van der Waals surface area contributed by atoms with Crippen molar-refractivity contribution in [3.8, 4) is 5.75 Å². The SMILES string of the molecule is CCC1C(=O)C(=O)N(CCCn2ccnc2)C1c1ccc(O)cc1. The lowest BCUT2D eigenvalue weighted by Gasteiger charge is -2.27. The third-order valence-electron chi connectivity index (χ3n) is 4.57. The van der Waals surface area contributed by atoms with E-state index >= 15 is 0 Å². The van der Waals surface area contributed by atoms with Crippen molar-refractivity contribution >= 4 is 11.7 Å². The maximum Gasteiger partial charge on any atom is 0.290 e. The molecule has 1 amide bonds. The zero-order valence-electron chi connectivity index (χ0n) is 13.6. The lowest BCUT2D eigenvalue weighted by atomic mass is 9.91. The first-order chi connectivity index (χ1) is 11.6. The van der Waals surface area contributed by atoms with Crippen LogP contribution in [0.5, 0.6) is 5.75 Å². The second kappa shape index (κ2) is 6.86. The summed E-state index contributed by atoms with van der Waals surface area (Å²) in [5.74, 6) is -0.854. The van der Waals surface area contributed by atoms with Gasteiger partial charge in [0.25, 0.3) is 5.91 Å². The van der Waals surface area contributed by atoms with Crippen LogP contribution in [0.4, 0.5) is 0 Å². The first kappa shape index (κ1) is 16.2. The molecule has 1 aliphatic heterocycles. The Kier molecular flexibility index (Phi) is 4.64. The number of imidazole rings is 1. The van der Waals surface area contributed by atoms with Gasteiger partial charge in [-0.05, 0) is 30.5 Å². The van der Waals surface area contributed by atoms with Crippen molar-refractivity contribution in [2.45, 2.75) is 32.4 Å². The van der Waals surface area contributed by atoms with E-state index in [1.54, 1.807) is 41.7 Å². The number of aromatic hydroxyl groups is 1. The molecule has 1 aromatic heterocycles. The summed E-state index contributed by atoms with van der Waals surface area (Å²) in [5.41, 5.74) is 0.890. The molecular weight excluding hydrogens is 306 g/mol. The van der Waals surface area contributed by atoms with Crippen LogP contribution < -0.4 is 0 Å². The van der Waals surface area contributed by atoms with E-state index in [0.29, 0.717) is 13.0 Å². The summed E-state index contributed by atoms with van der Waals surface area (Å²) in [7, 11) is 0. The number of hydrogen-bond donors (Lipinski definition) is 1. The van der Waals surface area contributed by atoms with E-state index in [9.17, 15) is 14.7 Å². The normalized spacial score (nSPS) is 20.8. The number of rotatable bonds is 6. The highest BCUT2D eigenvalue weighted by molar-refractivity contribution is 6.39. The average molecular weight is 327 g/mol. The number of phenols is 1. The second-order valence-corrected chi connectivity index (χ2v) is 6.07. The summed E-state index contributed by atoms with van der Waals surface area (Å²) >= 11 is 0. The fraction of sp³-hybridized carbons (Fsp3) is 0.389. The quantitative estimate of drug-likeness (QED) is 0.825. The third kappa shape index (κ3) is 3.04. The summed E-state index contributed by atoms with van der Waals surface area (Å²) < 4.78 is 1.95. The van der Waals surface area contributed by atoms with Crippen molar-refractivity contribution in [3.05, 3.63) is 48.5 Å². The Hall–Kier alpha value is -2.63. The molecular formula is C18H21N3O3. The number of Topliss-reactive ketones (excluding diaryl/α,β-unsaturated/α-hetero) is 1. The number of nitrogens with zero attached hydrogens (tertiary/aromatic N) is 3. The van der Waals surface area contributed by atoms with E-state index < -0.39 is 5.91 Å². The number of likely N-dealkylation sites (tertiary alicyclic amines) is 1. The molecule has 2 aromatic rings. The van der Waals surface area contributed by atoms with E-state index in [0.717, 1.165) is 18.5 Å². The van der Waals surface area contributed by atoms with Crippen LogP contribution in [0.2, 0.25) is 0 Å². The highest BCUT2D eigenvalue weighted by Crippen LogP contribution is 2.38. The molecule has 6 heteroatoms. The van der Waals surface area contributed by atoms with E-state index in [-0.39, 0.29) is 23.5 Å². The van der Waals surface area contributed by atoms with Crippen LogP contribution in [0.25, 0.3) is 0 Å². The molecule has 0 bridgehead atoms. The second-order valence-electron chi connectivity index (χ2n) is 6.07. The number of carbonyl (C=O) groups is 2. The summed E-state index contributed by atoms with van der Waals surface area (Å²) in [6.07, 6.45) is 6.71. The molecule has 2 atom stereocenters. The van der Waals surface area contributed by atoms with E-state index in [1.807, 2.05) is 17.7 Å². The first-order valence-corrected chi connectivity index (χ1v) is 8.21. The largest absolute Gasteiger partial charge is 0.508 e. The topological polar surface area (TPSA) is 75.4 Å². The number of carbonyl (C=O) groups excluding carboxylic acids is 2. The Morgan fingerprint density at radius 1 is 1.17 bits per heavy atom. The number of ketones is 1. The number of phenolic OH excluding ortho intramolecular Hbond substituents is 1. The minimum atomic E-state index is -0.398. The molecule has 0 saturated carbocycles. The van der Waals surface area contributed by atoms with E-state index in [1.165, 1.54) is 0 Å². The summed E-state index contributed by atoms with van der Waals surface area (Å²) in [6, 6.07) is 6.52. The predicted molar refractivity (Wildman–Crippen MR) is 88.2 cm³/mol. The molecule has 0 radical (unpaired) electrons. The molecule has 1 fully saturated rings. The zero-order valence-corrected chi connectivity index (χ0v) is 13.6. The van der Waals surface area contributed by atoms with Gasteiger partial charge in [-0.2, -0.15) is 0 Å².